The molecule has 0 spiro atoms. The molecule has 0 fully saturated rings. The van der Waals surface area contributed by atoms with E-state index in [-0.39, 0.29) is 6.61 Å². The summed E-state index contributed by atoms with van der Waals surface area (Å²) in [5.74, 6) is 0.361. The molecule has 0 saturated carbocycles. The largest absolute Gasteiger partial charge is 0.464 e. The lowest BCUT2D eigenvalue weighted by Crippen LogP contribution is -2.38. The van der Waals surface area contributed by atoms with Crippen molar-refractivity contribution in [3.63, 3.8) is 0 Å². The summed E-state index contributed by atoms with van der Waals surface area (Å²) in [6.45, 7) is 8.87. The number of hydrogen-bond donors (Lipinski definition) is 1. The highest BCUT2D eigenvalue weighted by Gasteiger charge is 2.29. The van der Waals surface area contributed by atoms with E-state index in [1.807, 2.05) is 0 Å². The zero-order valence-corrected chi connectivity index (χ0v) is 12.5. The Labute approximate surface area is 118 Å². The van der Waals surface area contributed by atoms with Crippen molar-refractivity contribution in [3.8, 4) is 0 Å². The van der Waals surface area contributed by atoms with Gasteiger partial charge in [-0.25, -0.2) is 9.59 Å². The summed E-state index contributed by atoms with van der Waals surface area (Å²) < 4.78 is 15.4. The molecule has 1 N–H and O–H groups in total. The number of carbonyl (C=O) groups excluding carboxylic acids is 2. The SMILES string of the molecule is CCOC(=O)[C@@H](NC(=O)OC(C)(C)C)c1ccc(C)o1. The van der Waals surface area contributed by atoms with Gasteiger partial charge in [-0.3, -0.25) is 0 Å². The van der Waals surface area contributed by atoms with E-state index in [0.717, 1.165) is 0 Å². The number of rotatable bonds is 4. The van der Waals surface area contributed by atoms with Gasteiger partial charge in [-0.15, -0.1) is 0 Å². The zero-order chi connectivity index (χ0) is 15.3. The Bertz CT molecular complexity index is 472. The summed E-state index contributed by atoms with van der Waals surface area (Å²) in [5.41, 5.74) is -0.650. The summed E-state index contributed by atoms with van der Waals surface area (Å²) in [5, 5.41) is 2.46. The van der Waals surface area contributed by atoms with Gasteiger partial charge < -0.3 is 19.2 Å². The maximum Gasteiger partial charge on any atom is 0.408 e. The molecule has 1 aromatic rings. The topological polar surface area (TPSA) is 77.8 Å². The second-order valence-corrected chi connectivity index (χ2v) is 5.28. The first-order chi connectivity index (χ1) is 9.23. The second kappa shape index (κ2) is 6.45. The molecular formula is C14H21NO5. The maximum absolute atomic E-state index is 11.9. The molecule has 1 amide bonds. The molecule has 0 aliphatic rings. The quantitative estimate of drug-likeness (QED) is 0.860. The second-order valence-electron chi connectivity index (χ2n) is 5.28. The summed E-state index contributed by atoms with van der Waals surface area (Å²) in [6.07, 6.45) is -0.704. The van der Waals surface area contributed by atoms with Crippen LogP contribution in [-0.4, -0.2) is 24.3 Å². The molecule has 6 nitrogen and oxygen atoms in total. The number of esters is 1. The van der Waals surface area contributed by atoms with E-state index in [1.54, 1.807) is 46.8 Å². The Hall–Kier alpha value is -1.98. The molecule has 1 heterocycles. The van der Waals surface area contributed by atoms with Gasteiger partial charge in [0.1, 0.15) is 17.1 Å². The van der Waals surface area contributed by atoms with Crippen LogP contribution >= 0.6 is 0 Å². The molecular weight excluding hydrogens is 262 g/mol. The number of carbonyl (C=O) groups is 2. The molecule has 0 aromatic carbocycles. The smallest absolute Gasteiger partial charge is 0.408 e. The van der Waals surface area contributed by atoms with Crippen LogP contribution in [0.5, 0.6) is 0 Å². The lowest BCUT2D eigenvalue weighted by Gasteiger charge is -2.22. The van der Waals surface area contributed by atoms with Gasteiger partial charge in [0.15, 0.2) is 6.04 Å². The van der Waals surface area contributed by atoms with Crippen LogP contribution in [0.4, 0.5) is 4.79 Å². The monoisotopic (exact) mass is 283 g/mol. The average Bonchev–Trinajstić information content (AvgIpc) is 2.70. The van der Waals surface area contributed by atoms with E-state index in [4.69, 9.17) is 13.9 Å². The fourth-order valence-electron chi connectivity index (χ4n) is 1.51. The van der Waals surface area contributed by atoms with Crippen molar-refractivity contribution in [3.05, 3.63) is 23.7 Å². The van der Waals surface area contributed by atoms with Crippen LogP contribution in [0.15, 0.2) is 16.5 Å². The van der Waals surface area contributed by atoms with Gasteiger partial charge in [0.05, 0.1) is 6.61 Å². The van der Waals surface area contributed by atoms with Crippen molar-refractivity contribution in [2.24, 2.45) is 0 Å². The number of furan rings is 1. The van der Waals surface area contributed by atoms with Crippen LogP contribution in [-0.2, 0) is 14.3 Å². The Morgan fingerprint density at radius 2 is 2.00 bits per heavy atom. The predicted octanol–water partition coefficient (Wildman–Crippen LogP) is 2.72. The lowest BCUT2D eigenvalue weighted by molar-refractivity contribution is -0.146. The summed E-state index contributed by atoms with van der Waals surface area (Å²) >= 11 is 0. The minimum Gasteiger partial charge on any atom is -0.464 e. The first kappa shape index (κ1) is 16.1. The summed E-state index contributed by atoms with van der Waals surface area (Å²) in [6, 6.07) is 2.31. The van der Waals surface area contributed by atoms with E-state index >= 15 is 0 Å². The van der Waals surface area contributed by atoms with E-state index in [2.05, 4.69) is 5.32 Å². The van der Waals surface area contributed by atoms with Crippen LogP contribution in [0.25, 0.3) is 0 Å². The molecule has 6 heteroatoms. The minimum absolute atomic E-state index is 0.213. The molecule has 0 bridgehead atoms. The summed E-state index contributed by atoms with van der Waals surface area (Å²) in [4.78, 5) is 23.7. The third kappa shape index (κ3) is 4.95. The maximum atomic E-state index is 11.9. The number of hydrogen-bond acceptors (Lipinski definition) is 5. The Balaban J connectivity index is 2.84. The third-order valence-electron chi connectivity index (χ3n) is 2.23. The first-order valence-corrected chi connectivity index (χ1v) is 6.45. The van der Waals surface area contributed by atoms with Crippen molar-refractivity contribution in [1.82, 2.24) is 5.32 Å². The Morgan fingerprint density at radius 1 is 1.35 bits per heavy atom. The molecule has 1 atom stereocenters. The van der Waals surface area contributed by atoms with Gasteiger partial charge in [0.2, 0.25) is 0 Å². The van der Waals surface area contributed by atoms with Crippen LogP contribution in [0.3, 0.4) is 0 Å². The molecule has 20 heavy (non-hydrogen) atoms. The Morgan fingerprint density at radius 3 is 2.45 bits per heavy atom. The van der Waals surface area contributed by atoms with E-state index in [1.165, 1.54) is 0 Å². The van der Waals surface area contributed by atoms with Crippen LogP contribution in [0.2, 0.25) is 0 Å². The van der Waals surface area contributed by atoms with Gasteiger partial charge in [-0.05, 0) is 46.8 Å². The molecule has 0 saturated heterocycles. The highest BCUT2D eigenvalue weighted by atomic mass is 16.6. The van der Waals surface area contributed by atoms with Gasteiger partial charge >= 0.3 is 12.1 Å². The molecule has 1 rings (SSSR count). The summed E-state index contributed by atoms with van der Waals surface area (Å²) in [7, 11) is 0. The number of ether oxygens (including phenoxy) is 2. The highest BCUT2D eigenvalue weighted by Crippen LogP contribution is 2.19. The normalized spacial score (nSPS) is 12.7. The fraction of sp³-hybridized carbons (Fsp3) is 0.571. The molecule has 1 aromatic heterocycles. The third-order valence-corrected chi connectivity index (χ3v) is 2.23. The van der Waals surface area contributed by atoms with E-state index in [9.17, 15) is 9.59 Å². The van der Waals surface area contributed by atoms with E-state index in [0.29, 0.717) is 11.5 Å². The van der Waals surface area contributed by atoms with Crippen LogP contribution in [0, 0.1) is 6.92 Å². The fourth-order valence-corrected chi connectivity index (χ4v) is 1.51. The van der Waals surface area contributed by atoms with Crippen molar-refractivity contribution in [1.29, 1.82) is 0 Å². The van der Waals surface area contributed by atoms with Crippen molar-refractivity contribution >= 4 is 12.1 Å². The predicted molar refractivity (Wildman–Crippen MR) is 72.2 cm³/mol. The molecule has 0 aliphatic heterocycles. The standard InChI is InChI=1S/C14H21NO5/c1-6-18-12(16)11(10-8-7-9(2)19-10)15-13(17)20-14(3,4)5/h7-8,11H,6H2,1-5H3,(H,15,17)/t11-/m0/s1. The van der Waals surface area contributed by atoms with Crippen LogP contribution in [0.1, 0.15) is 45.3 Å². The molecule has 0 unspecified atom stereocenters. The van der Waals surface area contributed by atoms with Crippen LogP contribution < -0.4 is 5.32 Å². The number of amides is 1. The zero-order valence-electron chi connectivity index (χ0n) is 12.5. The first-order valence-electron chi connectivity index (χ1n) is 6.45. The van der Waals surface area contributed by atoms with Gasteiger partial charge in [0, 0.05) is 0 Å². The number of aryl methyl sites for hydroxylation is 1. The number of alkyl carbamates (subject to hydrolysis) is 1. The van der Waals surface area contributed by atoms with Crippen molar-refractivity contribution in [2.45, 2.75) is 46.3 Å². The minimum atomic E-state index is -1.02. The molecule has 112 valence electrons. The van der Waals surface area contributed by atoms with Gasteiger partial charge in [-0.2, -0.15) is 0 Å². The van der Waals surface area contributed by atoms with Crippen molar-refractivity contribution in [2.75, 3.05) is 6.61 Å². The molecule has 0 aliphatic carbocycles. The van der Waals surface area contributed by atoms with Crippen molar-refractivity contribution < 1.29 is 23.5 Å². The average molecular weight is 283 g/mol. The van der Waals surface area contributed by atoms with E-state index < -0.39 is 23.7 Å². The lowest BCUT2D eigenvalue weighted by atomic mass is 10.2. The molecule has 0 radical (unpaired) electrons. The highest BCUT2D eigenvalue weighted by molar-refractivity contribution is 5.82. The van der Waals surface area contributed by atoms with Gasteiger partial charge in [0.25, 0.3) is 0 Å². The van der Waals surface area contributed by atoms with Gasteiger partial charge in [-0.1, -0.05) is 0 Å². The Kier molecular flexibility index (Phi) is 5.19. The number of nitrogens with one attached hydrogen (secondary N) is 1.